The van der Waals surface area contributed by atoms with E-state index >= 15 is 0 Å². The van der Waals surface area contributed by atoms with Crippen LogP contribution in [0.5, 0.6) is 0 Å². The van der Waals surface area contributed by atoms with Gasteiger partial charge in [-0.15, -0.1) is 0 Å². The highest BCUT2D eigenvalue weighted by atomic mass is 16.5. The largest absolute Gasteiger partial charge is 0.385 e. The van der Waals surface area contributed by atoms with Gasteiger partial charge in [-0.25, -0.2) is 0 Å². The van der Waals surface area contributed by atoms with E-state index in [1.54, 1.807) is 26.5 Å². The van der Waals surface area contributed by atoms with Crippen LogP contribution in [0.15, 0.2) is 23.3 Å². The van der Waals surface area contributed by atoms with Gasteiger partial charge >= 0.3 is 0 Å². The van der Waals surface area contributed by atoms with Gasteiger partial charge in [-0.05, 0) is 96.8 Å². The first-order valence-corrected chi connectivity index (χ1v) is 22.4. The molecule has 0 aromatic rings. The summed E-state index contributed by atoms with van der Waals surface area (Å²) >= 11 is 0. The van der Waals surface area contributed by atoms with Gasteiger partial charge in [0.2, 0.25) is 0 Å². The molecule has 3 aliphatic rings. The van der Waals surface area contributed by atoms with Crippen LogP contribution < -0.4 is 0 Å². The molecule has 336 valence electrons. The second-order valence-electron chi connectivity index (χ2n) is 15.1. The first-order valence-electron chi connectivity index (χ1n) is 22.4. The molecule has 1 heterocycles. The summed E-state index contributed by atoms with van der Waals surface area (Å²) in [4.78, 5) is 35.1. The average molecular weight is 794 g/mol. The minimum Gasteiger partial charge on any atom is -0.385 e. The highest BCUT2D eigenvalue weighted by Gasteiger charge is 2.22. The molecule has 5 nitrogen and oxygen atoms in total. The molecule has 0 aromatic heterocycles. The molecule has 0 unspecified atom stereocenters. The number of Topliss-reactive ketones (excluding diaryl/α,β-unsaturated/α-hetero) is 3. The zero-order valence-corrected chi connectivity index (χ0v) is 37.5. The predicted octanol–water partition coefficient (Wildman–Crippen LogP) is 15.9. The van der Waals surface area contributed by atoms with Crippen LogP contribution in [0.1, 0.15) is 239 Å². The van der Waals surface area contributed by atoms with Gasteiger partial charge in [0.15, 0.2) is 5.78 Å². The number of carbonyl (C=O) groups is 3. The molecular formula is C51H103NO4. The molecule has 1 fully saturated rings. The number of ether oxygens (including phenoxy) is 1. The lowest BCUT2D eigenvalue weighted by Crippen LogP contribution is -2.23. The van der Waals surface area contributed by atoms with Gasteiger partial charge in [-0.3, -0.25) is 9.59 Å². The average Bonchev–Trinajstić information content (AvgIpc) is 4.10. The van der Waals surface area contributed by atoms with Crippen molar-refractivity contribution in [2.24, 2.45) is 5.41 Å². The van der Waals surface area contributed by atoms with Crippen LogP contribution >= 0.6 is 0 Å². The summed E-state index contributed by atoms with van der Waals surface area (Å²) in [5.74, 6) is 0.933. The summed E-state index contributed by atoms with van der Waals surface area (Å²) in [5.41, 5.74) is 2.41. The van der Waals surface area contributed by atoms with Crippen molar-refractivity contribution >= 4 is 17.3 Å². The Morgan fingerprint density at radius 2 is 1.12 bits per heavy atom. The maximum absolute atomic E-state index is 11.3. The van der Waals surface area contributed by atoms with Crippen LogP contribution in [0.2, 0.25) is 0 Å². The zero-order chi connectivity index (χ0) is 40.6. The molecule has 0 amide bonds. The minimum absolute atomic E-state index is 0. The molecule has 0 spiro atoms. The van der Waals surface area contributed by atoms with Gasteiger partial charge in [0.1, 0.15) is 11.6 Å². The van der Waals surface area contributed by atoms with E-state index in [2.05, 4.69) is 38.2 Å². The van der Waals surface area contributed by atoms with Gasteiger partial charge in [0, 0.05) is 44.8 Å². The van der Waals surface area contributed by atoms with E-state index in [4.69, 9.17) is 4.74 Å². The monoisotopic (exact) mass is 794 g/mol. The Bertz CT molecular complexity index is 898. The molecule has 1 saturated heterocycles. The molecule has 56 heavy (non-hydrogen) atoms. The van der Waals surface area contributed by atoms with Crippen LogP contribution in [-0.4, -0.2) is 55.6 Å². The van der Waals surface area contributed by atoms with Crippen LogP contribution in [0.4, 0.5) is 0 Å². The topological polar surface area (TPSA) is 63.7 Å². The smallest absolute Gasteiger partial charge is 0.159 e. The van der Waals surface area contributed by atoms with Gasteiger partial charge in [0.05, 0.1) is 0 Å². The van der Waals surface area contributed by atoms with Crippen molar-refractivity contribution < 1.29 is 19.1 Å². The standard InChI is InChI=1S/C14H25.C13H25NO.C10H20O2.C7H9O.2C2H6.3CH4/c1-2-3-4-5-6-7-8-9-10-11-14-12-13-14;1-12(15)13(2,3)8-4-5-9-14-10-6-7-11-14;1-10(11)8-6-4-3-5-7-9-12-2;1-2-3-7(8)6-4-5-6;2*1-2;;;/h12-13H,2-11H2,1H3;4-11H2,1-3H3;3-9H2,1-2H3;4-5H,2-3H2,1H3;2*1-2H3;3*1H4. The van der Waals surface area contributed by atoms with E-state index in [1.807, 2.05) is 47.1 Å². The molecular weight excluding hydrogens is 691 g/mol. The number of allylic oxidation sites excluding steroid dienone is 4. The Hall–Kier alpha value is -1.59. The summed E-state index contributed by atoms with van der Waals surface area (Å²) in [6.45, 7) is 24.5. The molecule has 2 radical (unpaired) electrons. The number of carbonyl (C=O) groups excluding carboxylic acids is 3. The number of methoxy groups -OCH3 is 1. The fourth-order valence-corrected chi connectivity index (χ4v) is 5.70. The number of rotatable bonds is 27. The third-order valence-corrected chi connectivity index (χ3v) is 9.66. The molecule has 2 aliphatic carbocycles. The van der Waals surface area contributed by atoms with Crippen molar-refractivity contribution in [2.75, 3.05) is 33.4 Å². The molecule has 0 aromatic carbocycles. The summed E-state index contributed by atoms with van der Waals surface area (Å²) < 4.78 is 4.93. The molecule has 0 saturated carbocycles. The fourth-order valence-electron chi connectivity index (χ4n) is 5.70. The highest BCUT2D eigenvalue weighted by Crippen LogP contribution is 2.25. The van der Waals surface area contributed by atoms with Gasteiger partial charge < -0.3 is 14.4 Å². The Morgan fingerprint density at radius 3 is 1.55 bits per heavy atom. The Morgan fingerprint density at radius 1 is 0.643 bits per heavy atom. The zero-order valence-electron chi connectivity index (χ0n) is 37.5. The van der Waals surface area contributed by atoms with E-state index in [0.717, 1.165) is 44.3 Å². The van der Waals surface area contributed by atoms with E-state index in [0.29, 0.717) is 23.8 Å². The number of hydrogen-bond acceptors (Lipinski definition) is 5. The van der Waals surface area contributed by atoms with E-state index in [-0.39, 0.29) is 27.7 Å². The van der Waals surface area contributed by atoms with Crippen LogP contribution in [0, 0.1) is 18.3 Å². The quantitative estimate of drug-likeness (QED) is 0.0775. The Balaban J connectivity index is -0.000000144. The molecule has 0 bridgehead atoms. The summed E-state index contributed by atoms with van der Waals surface area (Å²) in [6, 6.07) is 0. The van der Waals surface area contributed by atoms with Crippen molar-refractivity contribution in [3.8, 4) is 0 Å². The van der Waals surface area contributed by atoms with Crippen LogP contribution in [0.25, 0.3) is 0 Å². The minimum atomic E-state index is -0.106. The molecule has 1 aliphatic heterocycles. The lowest BCUT2D eigenvalue weighted by molar-refractivity contribution is -0.125. The van der Waals surface area contributed by atoms with E-state index in [9.17, 15) is 14.4 Å². The number of ketones is 3. The fraction of sp³-hybridized carbons (Fsp3) is 0.824. The maximum atomic E-state index is 11.3. The van der Waals surface area contributed by atoms with E-state index in [1.165, 1.54) is 129 Å². The highest BCUT2D eigenvalue weighted by molar-refractivity contribution is 6.02. The summed E-state index contributed by atoms with van der Waals surface area (Å²) in [6.07, 6.45) is 37.0. The molecule has 5 heteroatoms. The van der Waals surface area contributed by atoms with Crippen molar-refractivity contribution in [3.63, 3.8) is 0 Å². The number of hydrogen-bond donors (Lipinski definition) is 0. The lowest BCUT2D eigenvalue weighted by Gasteiger charge is -2.21. The van der Waals surface area contributed by atoms with Gasteiger partial charge in [-0.2, -0.15) is 0 Å². The Kier molecular flexibility index (Phi) is 58.6. The van der Waals surface area contributed by atoms with E-state index < -0.39 is 0 Å². The van der Waals surface area contributed by atoms with Crippen LogP contribution in [-0.2, 0) is 19.1 Å². The number of nitrogens with zero attached hydrogens (tertiary/aromatic N) is 1. The Labute approximate surface area is 354 Å². The number of likely N-dealkylation sites (tertiary alicyclic amines) is 1. The third-order valence-electron chi connectivity index (χ3n) is 9.66. The second kappa shape index (κ2) is 49.6. The lowest BCUT2D eigenvalue weighted by atomic mass is 9.83. The predicted molar refractivity (Wildman–Crippen MR) is 254 cm³/mol. The maximum Gasteiger partial charge on any atom is 0.159 e. The van der Waals surface area contributed by atoms with Gasteiger partial charge in [0.25, 0.3) is 0 Å². The normalized spacial score (nSPS) is 13.1. The summed E-state index contributed by atoms with van der Waals surface area (Å²) in [7, 11) is 1.73. The first-order chi connectivity index (χ1) is 25.6. The molecule has 0 N–H and O–H groups in total. The SMILES string of the molecule is C.C.C.CC.CC.CC(=O)C(C)(C)CCCCN1CCCC1.CCCC(=O)C1=C[CH]1.CCCCCCCCCCCC1=C[CH]1.COCCCCCCCC(C)=O. The summed E-state index contributed by atoms with van der Waals surface area (Å²) in [5, 5.41) is 0. The first kappa shape index (κ1) is 66.2. The van der Waals surface area contributed by atoms with Crippen molar-refractivity contribution in [1.82, 2.24) is 4.90 Å². The van der Waals surface area contributed by atoms with Crippen LogP contribution in [0.3, 0.4) is 0 Å². The van der Waals surface area contributed by atoms with Crippen molar-refractivity contribution in [1.29, 1.82) is 0 Å². The van der Waals surface area contributed by atoms with Crippen molar-refractivity contribution in [2.45, 2.75) is 239 Å². The van der Waals surface area contributed by atoms with Crippen molar-refractivity contribution in [3.05, 3.63) is 36.1 Å². The van der Waals surface area contributed by atoms with Gasteiger partial charge in [-0.1, -0.05) is 172 Å². The third kappa shape index (κ3) is 50.4. The number of unbranched alkanes of at least 4 members (excludes halogenated alkanes) is 13. The molecule has 3 rings (SSSR count). The second-order valence-corrected chi connectivity index (χ2v) is 15.1. The molecule has 0 atom stereocenters.